The van der Waals surface area contributed by atoms with Crippen LogP contribution in [0.4, 0.5) is 9.52 Å². The molecule has 3 nitrogen and oxygen atoms in total. The van der Waals surface area contributed by atoms with Gasteiger partial charge in [-0.15, -0.1) is 11.3 Å². The number of aryl methyl sites for hydroxylation is 2. The smallest absolute Gasteiger partial charge is 0.203 e. The predicted molar refractivity (Wildman–Crippen MR) is 74.2 cm³/mol. The molecule has 6 heteroatoms. The van der Waals surface area contributed by atoms with E-state index in [0.717, 1.165) is 10.6 Å². The third-order valence-electron chi connectivity index (χ3n) is 2.38. The van der Waals surface area contributed by atoms with Crippen molar-refractivity contribution in [1.29, 1.82) is 0 Å². The van der Waals surface area contributed by atoms with Gasteiger partial charge in [-0.2, -0.15) is 5.10 Å². The van der Waals surface area contributed by atoms with E-state index < -0.39 is 5.82 Å². The third-order valence-corrected chi connectivity index (χ3v) is 3.69. The zero-order valence-electron chi connectivity index (χ0n) is 9.87. The molecule has 0 bridgehead atoms. The van der Waals surface area contributed by atoms with Crippen LogP contribution in [0.25, 0.3) is 0 Å². The average Bonchev–Trinajstić information content (AvgIpc) is 2.62. The van der Waals surface area contributed by atoms with Gasteiger partial charge >= 0.3 is 0 Å². The molecule has 0 fully saturated rings. The summed E-state index contributed by atoms with van der Waals surface area (Å²) in [5.41, 5.74) is 3.98. The van der Waals surface area contributed by atoms with Gasteiger partial charge in [0.25, 0.3) is 0 Å². The zero-order valence-corrected chi connectivity index (χ0v) is 11.4. The number of nitrogens with zero attached hydrogens (tertiary/aromatic N) is 2. The summed E-state index contributed by atoms with van der Waals surface area (Å²) in [4.78, 5) is 5.38. The zero-order chi connectivity index (χ0) is 13.1. The molecule has 1 aromatic carbocycles. The van der Waals surface area contributed by atoms with E-state index in [1.165, 1.54) is 23.6 Å². The Morgan fingerprint density at radius 3 is 2.83 bits per heavy atom. The number of benzene rings is 1. The summed E-state index contributed by atoms with van der Waals surface area (Å²) in [5, 5.41) is 4.94. The first-order valence-electron chi connectivity index (χ1n) is 5.25. The Balaban J connectivity index is 2.12. The van der Waals surface area contributed by atoms with Gasteiger partial charge in [-0.1, -0.05) is 17.7 Å². The normalized spacial score (nSPS) is 11.1. The van der Waals surface area contributed by atoms with E-state index >= 15 is 0 Å². The van der Waals surface area contributed by atoms with E-state index in [9.17, 15) is 4.39 Å². The van der Waals surface area contributed by atoms with Gasteiger partial charge in [0, 0.05) is 10.4 Å². The van der Waals surface area contributed by atoms with Gasteiger partial charge in [0.05, 0.1) is 16.9 Å². The van der Waals surface area contributed by atoms with Gasteiger partial charge in [-0.25, -0.2) is 9.37 Å². The van der Waals surface area contributed by atoms with Gasteiger partial charge in [-0.3, -0.25) is 5.43 Å². The first-order chi connectivity index (χ1) is 8.58. The van der Waals surface area contributed by atoms with E-state index in [4.69, 9.17) is 11.6 Å². The molecule has 0 atom stereocenters. The molecule has 0 aliphatic carbocycles. The maximum absolute atomic E-state index is 13.4. The molecule has 2 aromatic rings. The van der Waals surface area contributed by atoms with Crippen molar-refractivity contribution in [3.8, 4) is 0 Å². The molecule has 0 saturated heterocycles. The first-order valence-corrected chi connectivity index (χ1v) is 6.44. The van der Waals surface area contributed by atoms with Crippen LogP contribution in [0, 0.1) is 19.7 Å². The van der Waals surface area contributed by atoms with Crippen LogP contribution in [0.15, 0.2) is 23.3 Å². The third kappa shape index (κ3) is 2.86. The fourth-order valence-corrected chi connectivity index (χ4v) is 2.28. The van der Waals surface area contributed by atoms with E-state index in [1.54, 1.807) is 12.1 Å². The SMILES string of the molecule is Cc1nc(N/N=C\c2c(F)cccc2Cl)sc1C. The Bertz CT molecular complexity index is 555. The Morgan fingerprint density at radius 2 is 2.22 bits per heavy atom. The maximum Gasteiger partial charge on any atom is 0.203 e. The molecular weight excluding hydrogens is 273 g/mol. The Morgan fingerprint density at radius 1 is 1.44 bits per heavy atom. The van der Waals surface area contributed by atoms with Crippen molar-refractivity contribution in [2.24, 2.45) is 5.10 Å². The molecule has 2 rings (SSSR count). The summed E-state index contributed by atoms with van der Waals surface area (Å²) in [7, 11) is 0. The molecule has 18 heavy (non-hydrogen) atoms. The van der Waals surface area contributed by atoms with Crippen LogP contribution in [0.2, 0.25) is 5.02 Å². The summed E-state index contributed by atoms with van der Waals surface area (Å²) in [5.74, 6) is -0.403. The fraction of sp³-hybridized carbons (Fsp3) is 0.167. The molecule has 0 aliphatic rings. The highest BCUT2D eigenvalue weighted by Gasteiger charge is 2.04. The number of halogens is 2. The highest BCUT2D eigenvalue weighted by Crippen LogP contribution is 2.21. The Labute approximate surface area is 113 Å². The Kier molecular flexibility index (Phi) is 3.93. The van der Waals surface area contributed by atoms with Crippen molar-refractivity contribution in [2.75, 3.05) is 5.43 Å². The van der Waals surface area contributed by atoms with Crippen molar-refractivity contribution in [3.63, 3.8) is 0 Å². The second-order valence-corrected chi connectivity index (χ2v) is 5.28. The van der Waals surface area contributed by atoms with E-state index in [2.05, 4.69) is 15.5 Å². The van der Waals surface area contributed by atoms with Gasteiger partial charge < -0.3 is 0 Å². The molecule has 1 heterocycles. The lowest BCUT2D eigenvalue weighted by Crippen LogP contribution is -1.93. The van der Waals surface area contributed by atoms with E-state index in [-0.39, 0.29) is 5.56 Å². The first kappa shape index (κ1) is 13.0. The number of rotatable bonds is 3. The van der Waals surface area contributed by atoms with Crippen molar-refractivity contribution in [1.82, 2.24) is 4.98 Å². The number of hydrogen-bond acceptors (Lipinski definition) is 4. The molecule has 0 radical (unpaired) electrons. The number of anilines is 1. The molecule has 0 saturated carbocycles. The van der Waals surface area contributed by atoms with Crippen LogP contribution in [0.1, 0.15) is 16.1 Å². The minimum Gasteiger partial charge on any atom is -0.253 e. The van der Waals surface area contributed by atoms with Crippen molar-refractivity contribution in [2.45, 2.75) is 13.8 Å². The van der Waals surface area contributed by atoms with Crippen LogP contribution in [0.5, 0.6) is 0 Å². The molecule has 0 unspecified atom stereocenters. The minimum absolute atomic E-state index is 0.261. The van der Waals surface area contributed by atoms with Crippen LogP contribution in [0.3, 0.4) is 0 Å². The number of hydrazone groups is 1. The molecule has 0 spiro atoms. The molecule has 0 aliphatic heterocycles. The lowest BCUT2D eigenvalue weighted by Gasteiger charge is -1.99. The lowest BCUT2D eigenvalue weighted by atomic mass is 10.2. The summed E-state index contributed by atoms with van der Waals surface area (Å²) < 4.78 is 13.4. The van der Waals surface area contributed by atoms with Crippen molar-refractivity contribution >= 4 is 34.3 Å². The molecule has 1 N–H and O–H groups in total. The highest BCUT2D eigenvalue weighted by atomic mass is 35.5. The van der Waals surface area contributed by atoms with E-state index in [0.29, 0.717) is 10.2 Å². The van der Waals surface area contributed by atoms with Gasteiger partial charge in [0.2, 0.25) is 5.13 Å². The van der Waals surface area contributed by atoms with Crippen LogP contribution in [-0.4, -0.2) is 11.2 Å². The molecule has 1 aromatic heterocycles. The quantitative estimate of drug-likeness (QED) is 0.683. The number of aromatic nitrogens is 1. The van der Waals surface area contributed by atoms with Gasteiger partial charge in [0.15, 0.2) is 0 Å². The van der Waals surface area contributed by atoms with Crippen LogP contribution in [-0.2, 0) is 0 Å². The largest absolute Gasteiger partial charge is 0.253 e. The summed E-state index contributed by atoms with van der Waals surface area (Å²) in [6.45, 7) is 3.91. The van der Waals surface area contributed by atoms with Crippen LogP contribution >= 0.6 is 22.9 Å². The van der Waals surface area contributed by atoms with Crippen molar-refractivity contribution in [3.05, 3.63) is 45.2 Å². The molecule has 0 amide bonds. The summed E-state index contributed by atoms with van der Waals surface area (Å²) in [6, 6.07) is 4.50. The number of nitrogens with one attached hydrogen (secondary N) is 1. The van der Waals surface area contributed by atoms with Crippen molar-refractivity contribution < 1.29 is 4.39 Å². The highest BCUT2D eigenvalue weighted by molar-refractivity contribution is 7.15. The van der Waals surface area contributed by atoms with E-state index in [1.807, 2.05) is 13.8 Å². The predicted octanol–water partition coefficient (Wildman–Crippen LogP) is 4.00. The summed E-state index contributed by atoms with van der Waals surface area (Å²) in [6.07, 6.45) is 1.35. The maximum atomic E-state index is 13.4. The number of hydrogen-bond donors (Lipinski definition) is 1. The van der Waals surface area contributed by atoms with Gasteiger partial charge in [0.1, 0.15) is 5.82 Å². The molecule has 94 valence electrons. The average molecular weight is 284 g/mol. The van der Waals surface area contributed by atoms with Gasteiger partial charge in [-0.05, 0) is 26.0 Å². The second-order valence-electron chi connectivity index (χ2n) is 3.67. The second kappa shape index (κ2) is 5.46. The summed E-state index contributed by atoms with van der Waals surface area (Å²) >= 11 is 7.36. The Hall–Kier alpha value is -1.46. The molecular formula is C12H11ClFN3S. The monoisotopic (exact) mass is 283 g/mol. The standard InChI is InChI=1S/C12H11ClFN3S/c1-7-8(2)18-12(16-7)17-15-6-9-10(13)4-3-5-11(9)14/h3-6H,1-2H3,(H,16,17)/b15-6-. The lowest BCUT2D eigenvalue weighted by molar-refractivity contribution is 0.626. The minimum atomic E-state index is -0.403. The fourth-order valence-electron chi connectivity index (χ4n) is 1.31. The van der Waals surface area contributed by atoms with Crippen LogP contribution < -0.4 is 5.43 Å². The number of thiazole rings is 1. The topological polar surface area (TPSA) is 37.3 Å².